The highest BCUT2D eigenvalue weighted by Crippen LogP contribution is 2.18. The number of carbonyl (C=O) groups is 1. The molecule has 3 rings (SSSR count). The van der Waals surface area contributed by atoms with Crippen molar-refractivity contribution in [3.8, 4) is 11.8 Å². The lowest BCUT2D eigenvalue weighted by Gasteiger charge is -2.28. The van der Waals surface area contributed by atoms with Crippen LogP contribution in [0.25, 0.3) is 6.08 Å². The van der Waals surface area contributed by atoms with E-state index in [2.05, 4.69) is 17.0 Å². The maximum Gasteiger partial charge on any atom is 0.185 e. The van der Waals surface area contributed by atoms with Crippen LogP contribution in [0, 0.1) is 11.3 Å². The van der Waals surface area contributed by atoms with Crippen LogP contribution in [-0.2, 0) is 4.74 Å². The van der Waals surface area contributed by atoms with Gasteiger partial charge in [0.2, 0.25) is 0 Å². The minimum atomic E-state index is -0.0749. The van der Waals surface area contributed by atoms with Crippen molar-refractivity contribution in [1.29, 1.82) is 5.26 Å². The summed E-state index contributed by atoms with van der Waals surface area (Å²) in [7, 11) is 0. The summed E-state index contributed by atoms with van der Waals surface area (Å²) in [5.41, 5.74) is 2.73. The van der Waals surface area contributed by atoms with Crippen molar-refractivity contribution >= 4 is 17.5 Å². The van der Waals surface area contributed by atoms with Gasteiger partial charge in [-0.05, 0) is 48.0 Å². The summed E-state index contributed by atoms with van der Waals surface area (Å²) in [6, 6.07) is 16.8. The molecule has 0 N–H and O–H groups in total. The number of ether oxygens (including phenoxy) is 2. The van der Waals surface area contributed by atoms with Crippen LogP contribution in [0.1, 0.15) is 15.9 Å². The quantitative estimate of drug-likeness (QED) is 0.592. The van der Waals surface area contributed by atoms with Gasteiger partial charge in [0.15, 0.2) is 12.4 Å². The number of anilines is 1. The van der Waals surface area contributed by atoms with Crippen molar-refractivity contribution < 1.29 is 14.3 Å². The fourth-order valence-corrected chi connectivity index (χ4v) is 2.72. The Labute approximate surface area is 153 Å². The van der Waals surface area contributed by atoms with Gasteiger partial charge in [-0.25, -0.2) is 0 Å². The van der Waals surface area contributed by atoms with Crippen LogP contribution in [0.2, 0.25) is 0 Å². The Kier molecular flexibility index (Phi) is 6.02. The maximum atomic E-state index is 12.3. The molecule has 1 aliphatic heterocycles. The Morgan fingerprint density at radius 2 is 1.81 bits per heavy atom. The number of hydrogen-bond donors (Lipinski definition) is 0. The molecule has 1 fully saturated rings. The largest absolute Gasteiger partial charge is 0.479 e. The van der Waals surface area contributed by atoms with Crippen molar-refractivity contribution in [3.63, 3.8) is 0 Å². The van der Waals surface area contributed by atoms with Gasteiger partial charge < -0.3 is 14.4 Å². The summed E-state index contributed by atoms with van der Waals surface area (Å²) in [5.74, 6) is 0.500. The molecule has 0 unspecified atom stereocenters. The molecule has 0 bridgehead atoms. The average Bonchev–Trinajstić information content (AvgIpc) is 2.72. The molecule has 0 spiro atoms. The highest BCUT2D eigenvalue weighted by Gasteiger charge is 2.10. The maximum absolute atomic E-state index is 12.3. The van der Waals surface area contributed by atoms with Crippen molar-refractivity contribution in [2.24, 2.45) is 0 Å². The molecular weight excluding hydrogens is 328 g/mol. The predicted octanol–water partition coefficient (Wildman–Crippen LogP) is 3.32. The number of morpholine rings is 1. The summed E-state index contributed by atoms with van der Waals surface area (Å²) in [5, 5.41) is 8.49. The van der Waals surface area contributed by atoms with Gasteiger partial charge in [0.25, 0.3) is 0 Å². The van der Waals surface area contributed by atoms with Gasteiger partial charge in [0.1, 0.15) is 11.8 Å². The zero-order valence-corrected chi connectivity index (χ0v) is 14.4. The first kappa shape index (κ1) is 17.7. The molecule has 0 atom stereocenters. The topological polar surface area (TPSA) is 62.6 Å². The lowest BCUT2D eigenvalue weighted by atomic mass is 10.1. The molecule has 0 amide bonds. The lowest BCUT2D eigenvalue weighted by molar-refractivity contribution is 0.104. The fraction of sp³-hybridized carbons (Fsp3) is 0.238. The Morgan fingerprint density at radius 1 is 1.12 bits per heavy atom. The average molecular weight is 348 g/mol. The second-order valence-corrected chi connectivity index (χ2v) is 5.86. The Bertz CT molecular complexity index is 799. The first-order valence-corrected chi connectivity index (χ1v) is 8.51. The summed E-state index contributed by atoms with van der Waals surface area (Å²) < 4.78 is 10.5. The predicted molar refractivity (Wildman–Crippen MR) is 100 cm³/mol. The standard InChI is InChI=1S/C21H20N2O3/c22-11-14-26-20-8-4-18(5-9-20)21(24)10-3-17-1-6-19(7-2-17)23-12-15-25-16-13-23/h1-10H,12-16H2/b10-3+. The number of nitriles is 1. The van der Waals surface area contributed by atoms with Gasteiger partial charge in [-0.15, -0.1) is 0 Å². The van der Waals surface area contributed by atoms with Crippen LogP contribution in [0.15, 0.2) is 54.6 Å². The van der Waals surface area contributed by atoms with Gasteiger partial charge in [-0.3, -0.25) is 4.79 Å². The minimum absolute atomic E-state index is 0.00631. The number of hydrogen-bond acceptors (Lipinski definition) is 5. The van der Waals surface area contributed by atoms with Gasteiger partial charge in [-0.2, -0.15) is 5.26 Å². The Morgan fingerprint density at radius 3 is 2.46 bits per heavy atom. The van der Waals surface area contributed by atoms with Crippen LogP contribution in [0.5, 0.6) is 5.75 Å². The molecule has 5 heteroatoms. The zero-order chi connectivity index (χ0) is 18.2. The first-order valence-electron chi connectivity index (χ1n) is 8.51. The van der Waals surface area contributed by atoms with Crippen molar-refractivity contribution in [2.75, 3.05) is 37.8 Å². The van der Waals surface area contributed by atoms with Crippen molar-refractivity contribution in [3.05, 3.63) is 65.7 Å². The summed E-state index contributed by atoms with van der Waals surface area (Å²) in [6.07, 6.45) is 3.38. The molecule has 0 radical (unpaired) electrons. The van der Waals surface area contributed by atoms with Crippen LogP contribution in [0.4, 0.5) is 5.69 Å². The number of carbonyl (C=O) groups excluding carboxylic acids is 1. The molecule has 1 aliphatic rings. The van der Waals surface area contributed by atoms with Crippen LogP contribution in [0.3, 0.4) is 0 Å². The van der Waals surface area contributed by atoms with Gasteiger partial charge in [0.05, 0.1) is 13.2 Å². The molecule has 1 heterocycles. The fourth-order valence-electron chi connectivity index (χ4n) is 2.72. The highest BCUT2D eigenvalue weighted by atomic mass is 16.5. The molecular formula is C21H20N2O3. The second-order valence-electron chi connectivity index (χ2n) is 5.86. The molecule has 0 aromatic heterocycles. The van der Waals surface area contributed by atoms with Gasteiger partial charge >= 0.3 is 0 Å². The summed E-state index contributed by atoms with van der Waals surface area (Å²) in [4.78, 5) is 14.5. The monoisotopic (exact) mass is 348 g/mol. The number of nitrogens with zero attached hydrogens (tertiary/aromatic N) is 2. The molecule has 26 heavy (non-hydrogen) atoms. The van der Waals surface area contributed by atoms with Crippen LogP contribution in [-0.4, -0.2) is 38.7 Å². The van der Waals surface area contributed by atoms with E-state index >= 15 is 0 Å². The molecule has 1 saturated heterocycles. The van der Waals surface area contributed by atoms with E-state index in [0.29, 0.717) is 11.3 Å². The first-order chi connectivity index (χ1) is 12.8. The number of allylic oxidation sites excluding steroid dienone is 1. The van der Waals surface area contributed by atoms with Crippen molar-refractivity contribution in [2.45, 2.75) is 0 Å². The molecule has 132 valence electrons. The molecule has 0 saturated carbocycles. The van der Waals surface area contributed by atoms with Crippen molar-refractivity contribution in [1.82, 2.24) is 0 Å². The Hall–Kier alpha value is -3.10. The third-order valence-electron chi connectivity index (χ3n) is 4.14. The molecule has 2 aromatic rings. The van der Waals surface area contributed by atoms with Gasteiger partial charge in [-0.1, -0.05) is 18.2 Å². The van der Waals surface area contributed by atoms with Crippen LogP contribution < -0.4 is 9.64 Å². The third kappa shape index (κ3) is 4.71. The second kappa shape index (κ2) is 8.84. The Balaban J connectivity index is 1.60. The van der Waals surface area contributed by atoms with E-state index in [-0.39, 0.29) is 12.4 Å². The smallest absolute Gasteiger partial charge is 0.185 e. The normalized spacial score (nSPS) is 14.2. The summed E-state index contributed by atoms with van der Waals surface area (Å²) in [6.45, 7) is 3.32. The van der Waals surface area contributed by atoms with E-state index in [1.54, 1.807) is 30.3 Å². The SMILES string of the molecule is N#CCOc1ccc(C(=O)/C=C/c2ccc(N3CCOCC3)cc2)cc1. The van der Waals surface area contributed by atoms with Gasteiger partial charge in [0, 0.05) is 24.3 Å². The number of rotatable bonds is 6. The van der Waals surface area contributed by atoms with E-state index in [9.17, 15) is 4.79 Å². The van der Waals surface area contributed by atoms with E-state index < -0.39 is 0 Å². The summed E-state index contributed by atoms with van der Waals surface area (Å²) >= 11 is 0. The highest BCUT2D eigenvalue weighted by molar-refractivity contribution is 6.06. The third-order valence-corrected chi connectivity index (χ3v) is 4.14. The molecule has 0 aliphatic carbocycles. The zero-order valence-electron chi connectivity index (χ0n) is 14.4. The minimum Gasteiger partial charge on any atom is -0.479 e. The lowest BCUT2D eigenvalue weighted by Crippen LogP contribution is -2.36. The van der Waals surface area contributed by atoms with E-state index in [0.717, 1.165) is 31.9 Å². The number of ketones is 1. The van der Waals surface area contributed by atoms with E-state index in [1.807, 2.05) is 24.3 Å². The number of benzene rings is 2. The van der Waals surface area contributed by atoms with Crippen LogP contribution >= 0.6 is 0 Å². The molecule has 2 aromatic carbocycles. The molecule has 5 nitrogen and oxygen atoms in total. The van der Waals surface area contributed by atoms with E-state index in [4.69, 9.17) is 14.7 Å². The van der Waals surface area contributed by atoms with E-state index in [1.165, 1.54) is 5.69 Å².